The van der Waals surface area contributed by atoms with E-state index >= 15 is 0 Å². The zero-order valence-corrected chi connectivity index (χ0v) is 15.9. The molecule has 25 heavy (non-hydrogen) atoms. The molecule has 0 radical (unpaired) electrons. The molecular weight excluding hydrogens is 318 g/mol. The van der Waals surface area contributed by atoms with Gasteiger partial charge < -0.3 is 9.64 Å². The van der Waals surface area contributed by atoms with Crippen molar-refractivity contribution >= 4 is 16.8 Å². The Bertz CT molecular complexity index is 821. The van der Waals surface area contributed by atoms with Crippen LogP contribution >= 0.6 is 0 Å². The second kappa shape index (κ2) is 7.35. The highest BCUT2D eigenvalue weighted by atomic mass is 16.5. The van der Waals surface area contributed by atoms with E-state index in [1.165, 1.54) is 0 Å². The van der Waals surface area contributed by atoms with Crippen LogP contribution in [0.25, 0.3) is 10.9 Å². The largest absolute Gasteiger partial charge is 0.383 e. The van der Waals surface area contributed by atoms with E-state index in [2.05, 4.69) is 4.98 Å². The Balaban J connectivity index is 2.58. The predicted molar refractivity (Wildman–Crippen MR) is 98.5 cm³/mol. The second-order valence-electron chi connectivity index (χ2n) is 7.28. The molecule has 0 saturated carbocycles. The molecule has 1 heterocycles. The molecule has 6 heteroatoms. The van der Waals surface area contributed by atoms with Gasteiger partial charge in [-0.15, -0.1) is 0 Å². The third-order valence-corrected chi connectivity index (χ3v) is 4.33. The molecule has 1 amide bonds. The van der Waals surface area contributed by atoms with Crippen molar-refractivity contribution in [1.82, 2.24) is 14.5 Å². The van der Waals surface area contributed by atoms with Crippen LogP contribution in [0.4, 0.5) is 0 Å². The van der Waals surface area contributed by atoms with E-state index < -0.39 is 5.41 Å². The minimum atomic E-state index is -0.502. The van der Waals surface area contributed by atoms with Crippen LogP contribution < -0.4 is 5.56 Å². The number of methoxy groups -OCH3 is 1. The van der Waals surface area contributed by atoms with E-state index in [-0.39, 0.29) is 17.5 Å². The second-order valence-corrected chi connectivity index (χ2v) is 7.28. The summed E-state index contributed by atoms with van der Waals surface area (Å²) in [5.74, 6) is 0.571. The molecule has 0 spiro atoms. The standard InChI is InChI=1S/C19H27N3O3/c1-13(21(5)18(24)19(2,3)4)16-20-15-10-8-7-9-14(15)17(23)22(16)11-12-25-6/h7-10,13H,11-12H2,1-6H3. The first kappa shape index (κ1) is 19.1. The highest BCUT2D eigenvalue weighted by molar-refractivity contribution is 5.82. The molecule has 1 atom stereocenters. The topological polar surface area (TPSA) is 64.4 Å². The Morgan fingerprint density at radius 1 is 1.32 bits per heavy atom. The van der Waals surface area contributed by atoms with Crippen LogP contribution in [-0.2, 0) is 16.1 Å². The number of para-hydroxylation sites is 1. The molecule has 1 unspecified atom stereocenters. The lowest BCUT2D eigenvalue weighted by molar-refractivity contribution is -0.140. The van der Waals surface area contributed by atoms with E-state index in [0.29, 0.717) is 29.9 Å². The summed E-state index contributed by atoms with van der Waals surface area (Å²) in [6, 6.07) is 6.93. The SMILES string of the molecule is COCCn1c(C(C)N(C)C(=O)C(C)(C)C)nc2ccccc2c1=O. The molecule has 1 aromatic heterocycles. The van der Waals surface area contributed by atoms with Crippen LogP contribution in [0, 0.1) is 5.41 Å². The summed E-state index contributed by atoms with van der Waals surface area (Å²) >= 11 is 0. The molecule has 2 aromatic rings. The fourth-order valence-corrected chi connectivity index (χ4v) is 2.78. The summed E-state index contributed by atoms with van der Waals surface area (Å²) in [6.45, 7) is 8.32. The highest BCUT2D eigenvalue weighted by Crippen LogP contribution is 2.24. The third-order valence-electron chi connectivity index (χ3n) is 4.33. The summed E-state index contributed by atoms with van der Waals surface area (Å²) in [6.07, 6.45) is 0. The maximum absolute atomic E-state index is 12.9. The van der Waals surface area contributed by atoms with E-state index in [1.807, 2.05) is 45.9 Å². The van der Waals surface area contributed by atoms with Gasteiger partial charge in [-0.25, -0.2) is 4.98 Å². The molecule has 0 N–H and O–H groups in total. The van der Waals surface area contributed by atoms with Gasteiger partial charge in [0.1, 0.15) is 5.82 Å². The number of ether oxygens (including phenoxy) is 1. The van der Waals surface area contributed by atoms with Crippen molar-refractivity contribution in [2.75, 3.05) is 20.8 Å². The van der Waals surface area contributed by atoms with Crippen molar-refractivity contribution in [3.05, 3.63) is 40.4 Å². The molecule has 0 aliphatic rings. The van der Waals surface area contributed by atoms with Gasteiger partial charge in [0.25, 0.3) is 5.56 Å². The average Bonchev–Trinajstić information content (AvgIpc) is 2.58. The van der Waals surface area contributed by atoms with Crippen molar-refractivity contribution in [3.63, 3.8) is 0 Å². The quantitative estimate of drug-likeness (QED) is 0.835. The van der Waals surface area contributed by atoms with Crippen molar-refractivity contribution in [3.8, 4) is 0 Å². The van der Waals surface area contributed by atoms with Gasteiger partial charge >= 0.3 is 0 Å². The van der Waals surface area contributed by atoms with E-state index in [0.717, 1.165) is 0 Å². The first-order valence-corrected chi connectivity index (χ1v) is 8.44. The number of carbonyl (C=O) groups excluding carboxylic acids is 1. The monoisotopic (exact) mass is 345 g/mol. The summed E-state index contributed by atoms with van der Waals surface area (Å²) in [4.78, 5) is 31.9. The van der Waals surface area contributed by atoms with Gasteiger partial charge in [-0.1, -0.05) is 32.9 Å². The number of amides is 1. The Morgan fingerprint density at radius 3 is 2.56 bits per heavy atom. The smallest absolute Gasteiger partial charge is 0.261 e. The van der Waals surface area contributed by atoms with Gasteiger partial charge in [-0.2, -0.15) is 0 Å². The maximum Gasteiger partial charge on any atom is 0.261 e. The Kier molecular flexibility index (Phi) is 5.62. The summed E-state index contributed by atoms with van der Waals surface area (Å²) < 4.78 is 6.76. The van der Waals surface area contributed by atoms with Gasteiger partial charge in [0.2, 0.25) is 5.91 Å². The summed E-state index contributed by atoms with van der Waals surface area (Å²) in [5, 5.41) is 0.569. The molecule has 0 aliphatic carbocycles. The summed E-state index contributed by atoms with van der Waals surface area (Å²) in [7, 11) is 3.35. The molecular formula is C19H27N3O3. The number of hydrogen-bond donors (Lipinski definition) is 0. The van der Waals surface area contributed by atoms with Gasteiger partial charge in [0, 0.05) is 19.6 Å². The normalized spacial score (nSPS) is 13.0. The zero-order chi connectivity index (χ0) is 18.8. The van der Waals surface area contributed by atoms with E-state index in [4.69, 9.17) is 4.74 Å². The van der Waals surface area contributed by atoms with Crippen molar-refractivity contribution < 1.29 is 9.53 Å². The van der Waals surface area contributed by atoms with Crippen LogP contribution in [0.15, 0.2) is 29.1 Å². The molecule has 0 aliphatic heterocycles. The molecule has 0 saturated heterocycles. The zero-order valence-electron chi connectivity index (χ0n) is 15.9. The van der Waals surface area contributed by atoms with Crippen molar-refractivity contribution in [1.29, 1.82) is 0 Å². The van der Waals surface area contributed by atoms with Gasteiger partial charge in [-0.05, 0) is 19.1 Å². The number of aromatic nitrogens is 2. The van der Waals surface area contributed by atoms with Crippen molar-refractivity contribution in [2.24, 2.45) is 5.41 Å². The highest BCUT2D eigenvalue weighted by Gasteiger charge is 2.30. The lowest BCUT2D eigenvalue weighted by atomic mass is 9.94. The lowest BCUT2D eigenvalue weighted by Gasteiger charge is -2.31. The minimum Gasteiger partial charge on any atom is -0.383 e. The predicted octanol–water partition coefficient (Wildman–Crippen LogP) is 2.61. The van der Waals surface area contributed by atoms with Crippen LogP contribution in [0.5, 0.6) is 0 Å². The molecule has 0 fully saturated rings. The molecule has 0 bridgehead atoms. The van der Waals surface area contributed by atoms with Gasteiger partial charge in [0.15, 0.2) is 0 Å². The lowest BCUT2D eigenvalue weighted by Crippen LogP contribution is -2.41. The Morgan fingerprint density at radius 2 is 1.96 bits per heavy atom. The van der Waals surface area contributed by atoms with Gasteiger partial charge in [-0.3, -0.25) is 14.2 Å². The number of hydrogen-bond acceptors (Lipinski definition) is 4. The fourth-order valence-electron chi connectivity index (χ4n) is 2.78. The van der Waals surface area contributed by atoms with Crippen LogP contribution in [0.3, 0.4) is 0 Å². The number of carbonyl (C=O) groups is 1. The van der Waals surface area contributed by atoms with E-state index in [1.54, 1.807) is 29.7 Å². The molecule has 2 rings (SSSR count). The molecule has 1 aromatic carbocycles. The number of benzene rings is 1. The third kappa shape index (κ3) is 3.90. The number of nitrogens with zero attached hydrogens (tertiary/aromatic N) is 3. The maximum atomic E-state index is 12.9. The molecule has 6 nitrogen and oxygen atoms in total. The van der Waals surface area contributed by atoms with Gasteiger partial charge in [0.05, 0.1) is 30.1 Å². The van der Waals surface area contributed by atoms with Crippen LogP contribution in [-0.4, -0.2) is 41.1 Å². The first-order valence-electron chi connectivity index (χ1n) is 8.44. The Hall–Kier alpha value is -2.21. The van der Waals surface area contributed by atoms with E-state index in [9.17, 15) is 9.59 Å². The molecule has 136 valence electrons. The average molecular weight is 345 g/mol. The fraction of sp³-hybridized carbons (Fsp3) is 0.526. The number of rotatable bonds is 5. The van der Waals surface area contributed by atoms with Crippen molar-refractivity contribution in [2.45, 2.75) is 40.3 Å². The van der Waals surface area contributed by atoms with Crippen LogP contribution in [0.2, 0.25) is 0 Å². The first-order chi connectivity index (χ1) is 11.7. The number of fused-ring (bicyclic) bond motifs is 1. The van der Waals surface area contributed by atoms with Crippen LogP contribution in [0.1, 0.15) is 39.6 Å². The summed E-state index contributed by atoms with van der Waals surface area (Å²) in [5.41, 5.74) is 0.0260. The Labute approximate surface area is 148 Å². The minimum absolute atomic E-state index is 0.000647.